The number of halogens is 1. The molecule has 1 aromatic carbocycles. The highest BCUT2D eigenvalue weighted by Crippen LogP contribution is 2.32. The standard InChI is InChI=1S/C15H19FN2O2/c16-13-4-1-3-12(9-13)10-18-11-15(20-14(18)19)5-2-7-17-8-6-15/h1,3-4,9,17H,2,5-8,10-11H2. The van der Waals surface area contributed by atoms with Crippen LogP contribution in [-0.2, 0) is 11.3 Å². The molecule has 20 heavy (non-hydrogen) atoms. The highest BCUT2D eigenvalue weighted by Gasteiger charge is 2.44. The number of carbonyl (C=O) groups excluding carboxylic acids is 1. The Morgan fingerprint density at radius 3 is 3.10 bits per heavy atom. The Balaban J connectivity index is 1.70. The van der Waals surface area contributed by atoms with E-state index in [2.05, 4.69) is 5.32 Å². The fourth-order valence-corrected chi connectivity index (χ4v) is 3.03. The Hall–Kier alpha value is -1.62. The van der Waals surface area contributed by atoms with E-state index in [1.54, 1.807) is 11.0 Å². The van der Waals surface area contributed by atoms with Crippen molar-refractivity contribution >= 4 is 6.09 Å². The lowest BCUT2D eigenvalue weighted by atomic mass is 9.95. The minimum Gasteiger partial charge on any atom is -0.441 e. The summed E-state index contributed by atoms with van der Waals surface area (Å²) in [6.45, 7) is 2.86. The maximum atomic E-state index is 13.2. The summed E-state index contributed by atoms with van der Waals surface area (Å²) >= 11 is 0. The first-order chi connectivity index (χ1) is 9.67. The molecular weight excluding hydrogens is 259 g/mol. The van der Waals surface area contributed by atoms with Crippen LogP contribution >= 0.6 is 0 Å². The second-order valence-corrected chi connectivity index (χ2v) is 5.64. The molecule has 5 heteroatoms. The Kier molecular flexibility index (Phi) is 3.61. The molecule has 108 valence electrons. The largest absolute Gasteiger partial charge is 0.441 e. The number of hydrogen-bond acceptors (Lipinski definition) is 3. The normalized spacial score (nSPS) is 26.6. The molecule has 1 spiro atoms. The minimum absolute atomic E-state index is 0.275. The minimum atomic E-state index is -0.353. The van der Waals surface area contributed by atoms with Gasteiger partial charge in [0.15, 0.2) is 0 Å². The second-order valence-electron chi connectivity index (χ2n) is 5.64. The molecule has 2 aliphatic rings. The first kappa shape index (κ1) is 13.4. The van der Waals surface area contributed by atoms with Crippen LogP contribution in [0.5, 0.6) is 0 Å². The number of benzene rings is 1. The van der Waals surface area contributed by atoms with E-state index in [0.717, 1.165) is 37.9 Å². The Bertz CT molecular complexity index is 498. The molecule has 0 radical (unpaired) electrons. The fourth-order valence-electron chi connectivity index (χ4n) is 3.03. The van der Waals surface area contributed by atoms with E-state index in [1.165, 1.54) is 12.1 Å². The molecule has 0 bridgehead atoms. The number of ether oxygens (including phenoxy) is 1. The van der Waals surface area contributed by atoms with E-state index in [1.807, 2.05) is 6.07 Å². The summed E-state index contributed by atoms with van der Waals surface area (Å²) in [4.78, 5) is 13.7. The van der Waals surface area contributed by atoms with Gasteiger partial charge in [-0.2, -0.15) is 0 Å². The molecule has 0 aliphatic carbocycles. The van der Waals surface area contributed by atoms with Gasteiger partial charge in [0.25, 0.3) is 0 Å². The van der Waals surface area contributed by atoms with Crippen LogP contribution in [0.4, 0.5) is 9.18 Å². The van der Waals surface area contributed by atoms with Crippen LogP contribution in [0.15, 0.2) is 24.3 Å². The van der Waals surface area contributed by atoms with Gasteiger partial charge in [-0.25, -0.2) is 9.18 Å². The fraction of sp³-hybridized carbons (Fsp3) is 0.533. The zero-order valence-electron chi connectivity index (χ0n) is 11.4. The van der Waals surface area contributed by atoms with Crippen LogP contribution in [0.25, 0.3) is 0 Å². The van der Waals surface area contributed by atoms with Gasteiger partial charge < -0.3 is 10.1 Å². The maximum Gasteiger partial charge on any atom is 0.410 e. The van der Waals surface area contributed by atoms with Crippen molar-refractivity contribution in [1.29, 1.82) is 0 Å². The average Bonchev–Trinajstić information content (AvgIpc) is 2.59. The van der Waals surface area contributed by atoms with Crippen LogP contribution in [0.3, 0.4) is 0 Å². The quantitative estimate of drug-likeness (QED) is 0.902. The van der Waals surface area contributed by atoms with Crippen LogP contribution in [-0.4, -0.2) is 36.2 Å². The van der Waals surface area contributed by atoms with E-state index in [0.29, 0.717) is 13.1 Å². The van der Waals surface area contributed by atoms with Crippen molar-refractivity contribution in [2.24, 2.45) is 0 Å². The summed E-state index contributed by atoms with van der Waals surface area (Å²) in [5.74, 6) is -0.275. The molecule has 0 saturated carbocycles. The van der Waals surface area contributed by atoms with Crippen molar-refractivity contribution in [1.82, 2.24) is 10.2 Å². The molecule has 3 rings (SSSR count). The van der Waals surface area contributed by atoms with Gasteiger partial charge in [-0.15, -0.1) is 0 Å². The summed E-state index contributed by atoms with van der Waals surface area (Å²) in [5.41, 5.74) is 0.444. The van der Waals surface area contributed by atoms with E-state index < -0.39 is 0 Å². The molecule has 2 heterocycles. The number of rotatable bonds is 2. The lowest BCUT2D eigenvalue weighted by Gasteiger charge is -2.24. The first-order valence-electron chi connectivity index (χ1n) is 7.10. The highest BCUT2D eigenvalue weighted by molar-refractivity contribution is 5.70. The molecule has 1 N–H and O–H groups in total. The molecule has 1 aromatic rings. The lowest BCUT2D eigenvalue weighted by molar-refractivity contribution is 0.0469. The number of nitrogens with one attached hydrogen (secondary N) is 1. The number of hydrogen-bond donors (Lipinski definition) is 1. The third-order valence-electron chi connectivity index (χ3n) is 4.05. The van der Waals surface area contributed by atoms with Gasteiger partial charge in [-0.3, -0.25) is 4.90 Å². The Labute approximate surface area is 117 Å². The molecule has 1 unspecified atom stereocenters. The van der Waals surface area contributed by atoms with Crippen LogP contribution < -0.4 is 5.32 Å². The SMILES string of the molecule is O=C1OC2(CCCNCC2)CN1Cc1cccc(F)c1. The van der Waals surface area contributed by atoms with Crippen LogP contribution in [0.2, 0.25) is 0 Å². The van der Waals surface area contributed by atoms with Crippen molar-refractivity contribution in [2.75, 3.05) is 19.6 Å². The molecule has 1 amide bonds. The predicted octanol–water partition coefficient (Wildman–Crippen LogP) is 2.29. The molecule has 2 fully saturated rings. The maximum absolute atomic E-state index is 13.2. The highest BCUT2D eigenvalue weighted by atomic mass is 19.1. The molecule has 0 aromatic heterocycles. The van der Waals surface area contributed by atoms with Crippen molar-refractivity contribution < 1.29 is 13.9 Å². The molecule has 2 saturated heterocycles. The van der Waals surface area contributed by atoms with Crippen LogP contribution in [0, 0.1) is 5.82 Å². The zero-order valence-corrected chi connectivity index (χ0v) is 11.4. The monoisotopic (exact) mass is 278 g/mol. The summed E-state index contributed by atoms with van der Waals surface area (Å²) in [6, 6.07) is 6.37. The second kappa shape index (κ2) is 5.40. The Morgan fingerprint density at radius 2 is 2.25 bits per heavy atom. The first-order valence-corrected chi connectivity index (χ1v) is 7.10. The van der Waals surface area contributed by atoms with Gasteiger partial charge in [0.2, 0.25) is 0 Å². The third kappa shape index (κ3) is 2.77. The van der Waals surface area contributed by atoms with E-state index in [4.69, 9.17) is 4.74 Å². The van der Waals surface area contributed by atoms with E-state index in [-0.39, 0.29) is 17.5 Å². The van der Waals surface area contributed by atoms with Crippen molar-refractivity contribution in [3.05, 3.63) is 35.6 Å². The van der Waals surface area contributed by atoms with Crippen molar-refractivity contribution in [2.45, 2.75) is 31.4 Å². The van der Waals surface area contributed by atoms with Gasteiger partial charge in [0, 0.05) is 13.0 Å². The van der Waals surface area contributed by atoms with Gasteiger partial charge in [0.05, 0.1) is 6.54 Å². The summed E-state index contributed by atoms with van der Waals surface area (Å²) < 4.78 is 18.8. The van der Waals surface area contributed by atoms with Gasteiger partial charge in [-0.05, 0) is 43.6 Å². The molecule has 2 aliphatic heterocycles. The number of carbonyl (C=O) groups is 1. The van der Waals surface area contributed by atoms with E-state index in [9.17, 15) is 9.18 Å². The summed E-state index contributed by atoms with van der Waals surface area (Å²) in [5, 5.41) is 3.33. The van der Waals surface area contributed by atoms with Crippen molar-refractivity contribution in [3.8, 4) is 0 Å². The number of nitrogens with zero attached hydrogens (tertiary/aromatic N) is 1. The zero-order chi connectivity index (χ0) is 14.0. The summed E-state index contributed by atoms with van der Waals surface area (Å²) in [7, 11) is 0. The third-order valence-corrected chi connectivity index (χ3v) is 4.05. The molecule has 1 atom stereocenters. The van der Waals surface area contributed by atoms with Gasteiger partial charge >= 0.3 is 6.09 Å². The molecular formula is C15H19FN2O2. The topological polar surface area (TPSA) is 41.6 Å². The summed E-state index contributed by atoms with van der Waals surface area (Å²) in [6.07, 6.45) is 2.47. The van der Waals surface area contributed by atoms with Crippen LogP contribution in [0.1, 0.15) is 24.8 Å². The van der Waals surface area contributed by atoms with E-state index >= 15 is 0 Å². The van der Waals surface area contributed by atoms with Gasteiger partial charge in [0.1, 0.15) is 11.4 Å². The van der Waals surface area contributed by atoms with Gasteiger partial charge in [-0.1, -0.05) is 12.1 Å². The predicted molar refractivity (Wildman–Crippen MR) is 72.7 cm³/mol. The average molecular weight is 278 g/mol. The lowest BCUT2D eigenvalue weighted by Crippen LogP contribution is -2.35. The smallest absolute Gasteiger partial charge is 0.410 e. The number of amides is 1. The Morgan fingerprint density at radius 1 is 1.35 bits per heavy atom. The van der Waals surface area contributed by atoms with Crippen molar-refractivity contribution in [3.63, 3.8) is 0 Å². The molecule has 4 nitrogen and oxygen atoms in total.